The zero-order chi connectivity index (χ0) is 22.9. The number of nitrogens with one attached hydrogen (secondary N) is 1. The van der Waals surface area contributed by atoms with E-state index in [4.69, 9.17) is 32.7 Å². The summed E-state index contributed by atoms with van der Waals surface area (Å²) in [4.78, 5) is 12.1. The highest BCUT2D eigenvalue weighted by Crippen LogP contribution is 2.37. The van der Waals surface area contributed by atoms with Crippen LogP contribution in [0.25, 0.3) is 0 Å². The topological polar surface area (TPSA) is 59.9 Å². The summed E-state index contributed by atoms with van der Waals surface area (Å²) >= 11 is 15.6. The van der Waals surface area contributed by atoms with E-state index in [1.165, 1.54) is 0 Å². The first-order chi connectivity index (χ1) is 15.5. The first-order valence-electron chi connectivity index (χ1n) is 9.85. The SMILES string of the molecule is CCOc1cc(/C=N\NC(=O)Cc2ccc(Cl)cc2)cc(Br)c1OCc1ccccc1Cl. The van der Waals surface area contributed by atoms with Gasteiger partial charge in [0.05, 0.1) is 23.7 Å². The minimum Gasteiger partial charge on any atom is -0.490 e. The molecule has 0 saturated heterocycles. The maximum absolute atomic E-state index is 12.1. The molecule has 0 aliphatic carbocycles. The van der Waals surface area contributed by atoms with E-state index >= 15 is 0 Å². The first kappa shape index (κ1) is 24.1. The standard InChI is InChI=1S/C24H21BrCl2N2O3/c1-2-31-22-12-17(14-28-29-23(30)13-16-7-9-19(26)10-8-16)11-20(25)24(22)32-15-18-5-3-4-6-21(18)27/h3-12,14H,2,13,15H2,1H3,(H,29,30)/b28-14-. The van der Waals surface area contributed by atoms with Gasteiger partial charge in [-0.15, -0.1) is 0 Å². The maximum atomic E-state index is 12.1. The molecule has 1 N–H and O–H groups in total. The van der Waals surface area contributed by atoms with Gasteiger partial charge < -0.3 is 9.47 Å². The highest BCUT2D eigenvalue weighted by atomic mass is 79.9. The molecule has 0 saturated carbocycles. The predicted molar refractivity (Wildman–Crippen MR) is 132 cm³/mol. The van der Waals surface area contributed by atoms with Crippen molar-refractivity contribution in [3.8, 4) is 11.5 Å². The molecule has 0 aliphatic rings. The van der Waals surface area contributed by atoms with Gasteiger partial charge in [0.25, 0.3) is 0 Å². The summed E-state index contributed by atoms with van der Waals surface area (Å²) in [6.07, 6.45) is 1.75. The third-order valence-corrected chi connectivity index (χ3v) is 5.55. The first-order valence-corrected chi connectivity index (χ1v) is 11.4. The van der Waals surface area contributed by atoms with Gasteiger partial charge in [-0.1, -0.05) is 53.5 Å². The number of ether oxygens (including phenoxy) is 2. The van der Waals surface area contributed by atoms with Gasteiger partial charge in [-0.25, -0.2) is 5.43 Å². The van der Waals surface area contributed by atoms with E-state index in [0.717, 1.165) is 16.7 Å². The molecule has 0 bridgehead atoms. The van der Waals surface area contributed by atoms with Crippen molar-refractivity contribution in [3.63, 3.8) is 0 Å². The Morgan fingerprint density at radius 2 is 1.84 bits per heavy atom. The number of carbonyl (C=O) groups excluding carboxylic acids is 1. The second kappa shape index (κ2) is 11.9. The van der Waals surface area contributed by atoms with E-state index in [1.807, 2.05) is 37.3 Å². The van der Waals surface area contributed by atoms with Crippen molar-refractivity contribution in [2.24, 2.45) is 5.10 Å². The van der Waals surface area contributed by atoms with Gasteiger partial charge in [0.2, 0.25) is 5.91 Å². The molecule has 166 valence electrons. The molecular weight excluding hydrogens is 515 g/mol. The average Bonchev–Trinajstić information content (AvgIpc) is 2.76. The Kier molecular flexibility index (Phi) is 8.97. The van der Waals surface area contributed by atoms with Gasteiger partial charge in [0, 0.05) is 15.6 Å². The second-order valence-corrected chi connectivity index (χ2v) is 8.44. The highest BCUT2D eigenvalue weighted by molar-refractivity contribution is 9.10. The number of hydrogen-bond acceptors (Lipinski definition) is 4. The number of rotatable bonds is 9. The predicted octanol–water partition coefficient (Wildman–Crippen LogP) is 6.43. The fourth-order valence-corrected chi connectivity index (χ4v) is 3.73. The van der Waals surface area contributed by atoms with Gasteiger partial charge in [-0.2, -0.15) is 5.10 Å². The molecule has 0 aromatic heterocycles. The summed E-state index contributed by atoms with van der Waals surface area (Å²) < 4.78 is 12.4. The van der Waals surface area contributed by atoms with Crippen molar-refractivity contribution in [1.29, 1.82) is 0 Å². The van der Waals surface area contributed by atoms with Crippen LogP contribution < -0.4 is 14.9 Å². The molecule has 0 fully saturated rings. The molecule has 0 atom stereocenters. The molecule has 1 amide bonds. The lowest BCUT2D eigenvalue weighted by Crippen LogP contribution is -2.19. The Hall–Kier alpha value is -2.54. The quantitative estimate of drug-likeness (QED) is 0.254. The number of hydrogen-bond donors (Lipinski definition) is 1. The number of benzene rings is 3. The number of amides is 1. The molecule has 0 aliphatic heterocycles. The van der Waals surface area contributed by atoms with Crippen molar-refractivity contribution in [2.45, 2.75) is 20.0 Å². The Morgan fingerprint density at radius 1 is 1.09 bits per heavy atom. The molecule has 0 unspecified atom stereocenters. The zero-order valence-electron chi connectivity index (χ0n) is 17.3. The van der Waals surface area contributed by atoms with E-state index in [9.17, 15) is 4.79 Å². The van der Waals surface area contributed by atoms with Gasteiger partial charge in [-0.05, 0) is 64.3 Å². The summed E-state index contributed by atoms with van der Waals surface area (Å²) in [6.45, 7) is 2.66. The summed E-state index contributed by atoms with van der Waals surface area (Å²) in [5.74, 6) is 0.894. The van der Waals surface area contributed by atoms with E-state index in [1.54, 1.807) is 36.5 Å². The van der Waals surface area contributed by atoms with Crippen LogP contribution in [0.1, 0.15) is 23.6 Å². The molecule has 3 aromatic carbocycles. The second-order valence-electron chi connectivity index (χ2n) is 6.74. The monoisotopic (exact) mass is 534 g/mol. The Labute approximate surface area is 205 Å². The summed E-state index contributed by atoms with van der Waals surface area (Å²) in [5, 5.41) is 5.31. The van der Waals surface area contributed by atoms with Crippen molar-refractivity contribution >= 4 is 51.3 Å². The number of nitrogens with zero attached hydrogens (tertiary/aromatic N) is 1. The van der Waals surface area contributed by atoms with E-state index < -0.39 is 0 Å². The average molecular weight is 536 g/mol. The van der Waals surface area contributed by atoms with Crippen molar-refractivity contribution in [3.05, 3.63) is 91.9 Å². The summed E-state index contributed by atoms with van der Waals surface area (Å²) in [6, 6.07) is 18.2. The van der Waals surface area contributed by atoms with E-state index in [2.05, 4.69) is 26.5 Å². The molecule has 0 spiro atoms. The molecule has 5 nitrogen and oxygen atoms in total. The molecule has 0 radical (unpaired) electrons. The fourth-order valence-electron chi connectivity index (χ4n) is 2.84. The van der Waals surface area contributed by atoms with Crippen LogP contribution in [-0.2, 0) is 17.8 Å². The lowest BCUT2D eigenvalue weighted by molar-refractivity contribution is -0.120. The minimum atomic E-state index is -0.229. The largest absolute Gasteiger partial charge is 0.490 e. The van der Waals surface area contributed by atoms with Gasteiger partial charge in [-0.3, -0.25) is 4.79 Å². The minimum absolute atomic E-state index is 0.206. The van der Waals surface area contributed by atoms with Gasteiger partial charge >= 0.3 is 0 Å². The zero-order valence-corrected chi connectivity index (χ0v) is 20.4. The van der Waals surface area contributed by atoms with Crippen molar-refractivity contribution < 1.29 is 14.3 Å². The van der Waals surface area contributed by atoms with Crippen LogP contribution in [0.15, 0.2) is 70.2 Å². The van der Waals surface area contributed by atoms with Crippen molar-refractivity contribution in [2.75, 3.05) is 6.61 Å². The molecule has 3 rings (SSSR count). The Bertz CT molecular complexity index is 1100. The highest BCUT2D eigenvalue weighted by Gasteiger charge is 2.13. The number of carbonyl (C=O) groups is 1. The third-order valence-electron chi connectivity index (χ3n) is 4.34. The molecular formula is C24H21BrCl2N2O3. The molecule has 32 heavy (non-hydrogen) atoms. The normalized spacial score (nSPS) is 10.9. The van der Waals surface area contributed by atoms with E-state index in [0.29, 0.717) is 39.2 Å². The van der Waals surface area contributed by atoms with Gasteiger partial charge in [0.1, 0.15) is 6.61 Å². The van der Waals surface area contributed by atoms with Crippen LogP contribution in [0.5, 0.6) is 11.5 Å². The summed E-state index contributed by atoms with van der Waals surface area (Å²) in [7, 11) is 0. The van der Waals surface area contributed by atoms with Crippen molar-refractivity contribution in [1.82, 2.24) is 5.43 Å². The fraction of sp³-hybridized carbons (Fsp3) is 0.167. The van der Waals surface area contributed by atoms with Crippen LogP contribution in [-0.4, -0.2) is 18.7 Å². The smallest absolute Gasteiger partial charge is 0.244 e. The van der Waals surface area contributed by atoms with Gasteiger partial charge in [0.15, 0.2) is 11.5 Å². The lowest BCUT2D eigenvalue weighted by Gasteiger charge is -2.15. The Morgan fingerprint density at radius 3 is 2.56 bits per heavy atom. The maximum Gasteiger partial charge on any atom is 0.244 e. The van der Waals surface area contributed by atoms with E-state index in [-0.39, 0.29) is 12.3 Å². The van der Waals surface area contributed by atoms with Crippen LogP contribution in [0.2, 0.25) is 10.0 Å². The van der Waals surface area contributed by atoms with Crippen LogP contribution in [0.4, 0.5) is 0 Å². The summed E-state index contributed by atoms with van der Waals surface area (Å²) in [5.41, 5.74) is 4.98. The lowest BCUT2D eigenvalue weighted by atomic mass is 10.1. The van der Waals surface area contributed by atoms with Crippen LogP contribution >= 0.6 is 39.1 Å². The Balaban J connectivity index is 1.67. The molecule has 0 heterocycles. The number of hydrazone groups is 1. The number of halogens is 3. The molecule has 3 aromatic rings. The van der Waals surface area contributed by atoms with Crippen LogP contribution in [0, 0.1) is 0 Å². The third kappa shape index (κ3) is 6.99. The molecule has 8 heteroatoms. The van der Waals surface area contributed by atoms with Crippen LogP contribution in [0.3, 0.4) is 0 Å².